The molecule has 1 aliphatic rings. The summed E-state index contributed by atoms with van der Waals surface area (Å²) in [5.41, 5.74) is 9.39. The Hall–Kier alpha value is -1.62. The topological polar surface area (TPSA) is 69.9 Å². The Balaban J connectivity index is 1.99. The van der Waals surface area contributed by atoms with E-state index in [4.69, 9.17) is 10.3 Å². The molecule has 0 atom stereocenters. The molecule has 2 heterocycles. The average molecular weight is 288 g/mol. The third-order valence-electron chi connectivity index (χ3n) is 4.60. The number of hydrogen-bond acceptors (Lipinski definition) is 4. The fourth-order valence-corrected chi connectivity index (χ4v) is 3.55. The van der Waals surface area contributed by atoms with E-state index in [1.165, 1.54) is 5.69 Å². The van der Waals surface area contributed by atoms with Gasteiger partial charge in [0.1, 0.15) is 0 Å². The maximum Gasteiger partial charge on any atom is 0.259 e. The standard InChI is InChI=1S/C16H24N4O/c1-10(2)20-11(3)9-13(12(20)4)14-18-15(19-21-14)16(17)7-5-6-8-16/h9-10H,5-8,17H2,1-4H3. The zero-order chi connectivity index (χ0) is 15.2. The summed E-state index contributed by atoms with van der Waals surface area (Å²) in [6.07, 6.45) is 4.17. The summed E-state index contributed by atoms with van der Waals surface area (Å²) in [6, 6.07) is 2.53. The molecule has 1 saturated carbocycles. The van der Waals surface area contributed by atoms with Gasteiger partial charge in [-0.25, -0.2) is 0 Å². The molecule has 1 fully saturated rings. The number of nitrogens with zero attached hydrogens (tertiary/aromatic N) is 3. The first kappa shape index (κ1) is 14.3. The van der Waals surface area contributed by atoms with Gasteiger partial charge in [0.15, 0.2) is 5.82 Å². The Kier molecular flexibility index (Phi) is 3.40. The lowest BCUT2D eigenvalue weighted by Crippen LogP contribution is -2.34. The zero-order valence-electron chi connectivity index (χ0n) is 13.3. The molecule has 3 rings (SSSR count). The van der Waals surface area contributed by atoms with Crippen LogP contribution in [0.2, 0.25) is 0 Å². The van der Waals surface area contributed by atoms with Crippen LogP contribution < -0.4 is 5.73 Å². The lowest BCUT2D eigenvalue weighted by Gasteiger charge is -2.17. The predicted octanol–water partition coefficient (Wildman–Crippen LogP) is 3.46. The van der Waals surface area contributed by atoms with Crippen molar-refractivity contribution in [1.29, 1.82) is 0 Å². The molecule has 0 saturated heterocycles. The lowest BCUT2D eigenvalue weighted by molar-refractivity contribution is 0.372. The normalized spacial score (nSPS) is 17.8. The van der Waals surface area contributed by atoms with Gasteiger partial charge in [0.25, 0.3) is 5.89 Å². The molecule has 114 valence electrons. The summed E-state index contributed by atoms with van der Waals surface area (Å²) >= 11 is 0. The van der Waals surface area contributed by atoms with Gasteiger partial charge in [-0.2, -0.15) is 4.98 Å². The Morgan fingerprint density at radius 2 is 1.95 bits per heavy atom. The highest BCUT2D eigenvalue weighted by molar-refractivity contribution is 5.58. The molecule has 0 spiro atoms. The van der Waals surface area contributed by atoms with Crippen LogP contribution in [-0.4, -0.2) is 14.7 Å². The van der Waals surface area contributed by atoms with Crippen LogP contribution >= 0.6 is 0 Å². The van der Waals surface area contributed by atoms with Crippen LogP contribution in [0.1, 0.15) is 62.8 Å². The van der Waals surface area contributed by atoms with Gasteiger partial charge in [0.2, 0.25) is 0 Å². The average Bonchev–Trinajstić information content (AvgIpc) is 3.09. The maximum absolute atomic E-state index is 6.40. The number of aryl methyl sites for hydroxylation is 1. The number of aromatic nitrogens is 3. The minimum Gasteiger partial charge on any atom is -0.346 e. The Labute approximate surface area is 125 Å². The smallest absolute Gasteiger partial charge is 0.259 e. The third-order valence-corrected chi connectivity index (χ3v) is 4.60. The van der Waals surface area contributed by atoms with Crippen LogP contribution in [0.4, 0.5) is 0 Å². The molecule has 0 bridgehead atoms. The number of hydrogen-bond donors (Lipinski definition) is 1. The SMILES string of the molecule is Cc1cc(-c2nc(C3(N)CCCC3)no2)c(C)n1C(C)C. The van der Waals surface area contributed by atoms with Gasteiger partial charge in [0, 0.05) is 17.4 Å². The van der Waals surface area contributed by atoms with E-state index in [1.54, 1.807) is 0 Å². The minimum absolute atomic E-state index is 0.398. The Morgan fingerprint density at radius 1 is 1.29 bits per heavy atom. The molecule has 0 unspecified atom stereocenters. The molecule has 5 heteroatoms. The highest BCUT2D eigenvalue weighted by Gasteiger charge is 2.36. The second-order valence-electron chi connectivity index (χ2n) is 6.53. The minimum atomic E-state index is -0.398. The van der Waals surface area contributed by atoms with Gasteiger partial charge < -0.3 is 14.8 Å². The summed E-state index contributed by atoms with van der Waals surface area (Å²) in [5, 5.41) is 4.15. The molecule has 0 amide bonds. The first-order valence-corrected chi connectivity index (χ1v) is 7.74. The van der Waals surface area contributed by atoms with E-state index in [0.29, 0.717) is 17.8 Å². The van der Waals surface area contributed by atoms with Crippen LogP contribution in [0.25, 0.3) is 11.5 Å². The molecule has 21 heavy (non-hydrogen) atoms. The van der Waals surface area contributed by atoms with Crippen molar-refractivity contribution in [3.05, 3.63) is 23.3 Å². The fourth-order valence-electron chi connectivity index (χ4n) is 3.55. The van der Waals surface area contributed by atoms with Crippen LogP contribution in [0.15, 0.2) is 10.6 Å². The van der Waals surface area contributed by atoms with E-state index < -0.39 is 5.54 Å². The summed E-state index contributed by atoms with van der Waals surface area (Å²) in [7, 11) is 0. The number of rotatable bonds is 3. The van der Waals surface area contributed by atoms with E-state index in [9.17, 15) is 0 Å². The summed E-state index contributed by atoms with van der Waals surface area (Å²) in [6.45, 7) is 8.56. The lowest BCUT2D eigenvalue weighted by atomic mass is 9.99. The van der Waals surface area contributed by atoms with Crippen LogP contribution in [0, 0.1) is 13.8 Å². The van der Waals surface area contributed by atoms with Crippen molar-refractivity contribution >= 4 is 0 Å². The van der Waals surface area contributed by atoms with Crippen LogP contribution in [0.3, 0.4) is 0 Å². The van der Waals surface area contributed by atoms with E-state index in [1.807, 2.05) is 0 Å². The second kappa shape index (κ2) is 4.98. The molecule has 0 aliphatic heterocycles. The molecular formula is C16H24N4O. The van der Waals surface area contributed by atoms with Gasteiger partial charge in [-0.05, 0) is 46.6 Å². The Morgan fingerprint density at radius 3 is 2.52 bits per heavy atom. The first-order valence-electron chi connectivity index (χ1n) is 7.74. The van der Waals surface area contributed by atoms with Gasteiger partial charge in [-0.3, -0.25) is 0 Å². The molecule has 1 aliphatic carbocycles. The van der Waals surface area contributed by atoms with Crippen molar-refractivity contribution < 1.29 is 4.52 Å². The zero-order valence-corrected chi connectivity index (χ0v) is 13.3. The van der Waals surface area contributed by atoms with Crippen LogP contribution in [-0.2, 0) is 5.54 Å². The molecule has 2 aromatic heterocycles. The molecule has 5 nitrogen and oxygen atoms in total. The quantitative estimate of drug-likeness (QED) is 0.939. The summed E-state index contributed by atoms with van der Waals surface area (Å²) in [4.78, 5) is 4.59. The van der Waals surface area contributed by atoms with Gasteiger partial charge >= 0.3 is 0 Å². The van der Waals surface area contributed by atoms with Crippen molar-refractivity contribution in [3.8, 4) is 11.5 Å². The molecule has 2 aromatic rings. The molecule has 0 aromatic carbocycles. The predicted molar refractivity (Wildman–Crippen MR) is 81.9 cm³/mol. The summed E-state index contributed by atoms with van der Waals surface area (Å²) < 4.78 is 7.79. The van der Waals surface area contributed by atoms with Crippen molar-refractivity contribution in [3.63, 3.8) is 0 Å². The van der Waals surface area contributed by atoms with E-state index >= 15 is 0 Å². The molecule has 0 radical (unpaired) electrons. The maximum atomic E-state index is 6.40. The van der Waals surface area contributed by atoms with Crippen molar-refractivity contribution in [2.24, 2.45) is 5.73 Å². The van der Waals surface area contributed by atoms with E-state index in [0.717, 1.165) is 36.9 Å². The highest BCUT2D eigenvalue weighted by Crippen LogP contribution is 2.36. The fraction of sp³-hybridized carbons (Fsp3) is 0.625. The van der Waals surface area contributed by atoms with Crippen molar-refractivity contribution in [2.75, 3.05) is 0 Å². The highest BCUT2D eigenvalue weighted by atomic mass is 16.5. The van der Waals surface area contributed by atoms with Crippen molar-refractivity contribution in [1.82, 2.24) is 14.7 Å². The monoisotopic (exact) mass is 288 g/mol. The molecule has 2 N–H and O–H groups in total. The summed E-state index contributed by atoms with van der Waals surface area (Å²) in [5.74, 6) is 1.24. The van der Waals surface area contributed by atoms with Gasteiger partial charge in [0.05, 0.1) is 11.1 Å². The van der Waals surface area contributed by atoms with E-state index in [2.05, 4.69) is 48.5 Å². The molecular weight excluding hydrogens is 264 g/mol. The third kappa shape index (κ3) is 2.29. The van der Waals surface area contributed by atoms with Crippen molar-refractivity contribution in [2.45, 2.75) is 65.0 Å². The van der Waals surface area contributed by atoms with E-state index in [-0.39, 0.29) is 0 Å². The van der Waals surface area contributed by atoms with Gasteiger partial charge in [-0.1, -0.05) is 18.0 Å². The number of nitrogens with two attached hydrogens (primary N) is 1. The Bertz CT molecular complexity index is 647. The van der Waals surface area contributed by atoms with Crippen LogP contribution in [0.5, 0.6) is 0 Å². The second-order valence-corrected chi connectivity index (χ2v) is 6.53. The first-order chi connectivity index (χ1) is 9.92. The largest absolute Gasteiger partial charge is 0.346 e. The van der Waals surface area contributed by atoms with Gasteiger partial charge in [-0.15, -0.1) is 0 Å².